The van der Waals surface area contributed by atoms with Crippen LogP contribution >= 0.6 is 15.9 Å². The molecule has 1 aliphatic heterocycles. The van der Waals surface area contributed by atoms with Gasteiger partial charge in [-0.2, -0.15) is 0 Å². The van der Waals surface area contributed by atoms with Crippen LogP contribution in [0.25, 0.3) is 0 Å². The maximum Gasteiger partial charge on any atom is 0.120 e. The van der Waals surface area contributed by atoms with Crippen LogP contribution in [0.4, 0.5) is 0 Å². The molecule has 1 aromatic rings. The summed E-state index contributed by atoms with van der Waals surface area (Å²) in [5.41, 5.74) is 0.996. The van der Waals surface area contributed by atoms with E-state index >= 15 is 0 Å². The smallest absolute Gasteiger partial charge is 0.120 e. The van der Waals surface area contributed by atoms with Gasteiger partial charge in [0.1, 0.15) is 5.75 Å². The van der Waals surface area contributed by atoms with E-state index in [9.17, 15) is 5.11 Å². The average Bonchev–Trinajstić information content (AvgIpc) is 2.65. The van der Waals surface area contributed by atoms with Crippen molar-refractivity contribution in [2.45, 2.75) is 19.5 Å². The molecule has 1 aliphatic rings. The van der Waals surface area contributed by atoms with E-state index in [4.69, 9.17) is 0 Å². The third-order valence-corrected chi connectivity index (χ3v) is 4.24. The van der Waals surface area contributed by atoms with Crippen LogP contribution < -0.4 is 0 Å². The number of halogens is 1. The number of nitrogens with zero attached hydrogens (tertiary/aromatic N) is 2. The zero-order chi connectivity index (χ0) is 13.3. The minimum absolute atomic E-state index is 0.388. The predicted octanol–water partition coefficient (Wildman–Crippen LogP) is 2.54. The summed E-state index contributed by atoms with van der Waals surface area (Å²) < 4.78 is 1.02. The van der Waals surface area contributed by atoms with Gasteiger partial charge in [0, 0.05) is 35.7 Å². The molecule has 2 atom stereocenters. The Morgan fingerprint density at radius 1 is 1.39 bits per heavy atom. The lowest BCUT2D eigenvalue weighted by atomic mass is 10.1. The van der Waals surface area contributed by atoms with Gasteiger partial charge in [0.05, 0.1) is 0 Å². The lowest BCUT2D eigenvalue weighted by Gasteiger charge is -2.22. The van der Waals surface area contributed by atoms with Crippen molar-refractivity contribution in [1.29, 1.82) is 0 Å². The number of phenols is 1. The Morgan fingerprint density at radius 2 is 2.11 bits per heavy atom. The molecule has 1 aromatic carbocycles. The summed E-state index contributed by atoms with van der Waals surface area (Å²) in [5, 5.41) is 9.88. The maximum absolute atomic E-state index is 9.88. The van der Waals surface area contributed by atoms with Gasteiger partial charge in [0.2, 0.25) is 0 Å². The minimum atomic E-state index is 0.388. The Labute approximate surface area is 118 Å². The molecule has 2 rings (SSSR count). The highest BCUT2D eigenvalue weighted by Crippen LogP contribution is 2.27. The van der Waals surface area contributed by atoms with Crippen LogP contribution in [-0.2, 0) is 6.54 Å². The number of likely N-dealkylation sites (tertiary alicyclic amines) is 1. The first-order valence-electron chi connectivity index (χ1n) is 6.33. The summed E-state index contributed by atoms with van der Waals surface area (Å²) in [6, 6.07) is 6.23. The van der Waals surface area contributed by atoms with Crippen LogP contribution in [0.1, 0.15) is 12.5 Å². The quantitative estimate of drug-likeness (QED) is 0.929. The first kappa shape index (κ1) is 13.8. The van der Waals surface area contributed by atoms with Crippen LogP contribution in [0.2, 0.25) is 0 Å². The third-order valence-electron chi connectivity index (χ3n) is 3.75. The lowest BCUT2D eigenvalue weighted by molar-refractivity contribution is 0.249. The zero-order valence-corrected chi connectivity index (χ0v) is 12.8. The first-order chi connectivity index (χ1) is 8.47. The molecular formula is C14H21BrN2O. The first-order valence-corrected chi connectivity index (χ1v) is 7.13. The molecule has 0 aromatic heterocycles. The summed E-state index contributed by atoms with van der Waals surface area (Å²) >= 11 is 3.45. The Morgan fingerprint density at radius 3 is 2.72 bits per heavy atom. The number of hydrogen-bond acceptors (Lipinski definition) is 3. The molecule has 0 spiro atoms. The molecule has 0 aliphatic carbocycles. The van der Waals surface area contributed by atoms with Gasteiger partial charge < -0.3 is 10.0 Å². The average molecular weight is 313 g/mol. The summed E-state index contributed by atoms with van der Waals surface area (Å²) in [5.74, 6) is 1.06. The summed E-state index contributed by atoms with van der Waals surface area (Å²) in [6.45, 7) is 5.28. The van der Waals surface area contributed by atoms with Gasteiger partial charge in [-0.3, -0.25) is 4.90 Å². The Balaban J connectivity index is 2.05. The summed E-state index contributed by atoms with van der Waals surface area (Å²) in [7, 11) is 4.28. The minimum Gasteiger partial charge on any atom is -0.508 e. The van der Waals surface area contributed by atoms with Gasteiger partial charge in [-0.25, -0.2) is 0 Å². The molecule has 1 heterocycles. The molecule has 1 N–H and O–H groups in total. The van der Waals surface area contributed by atoms with Crippen molar-refractivity contribution in [3.05, 3.63) is 28.2 Å². The monoisotopic (exact) mass is 312 g/mol. The molecule has 2 unspecified atom stereocenters. The van der Waals surface area contributed by atoms with E-state index in [1.807, 2.05) is 12.1 Å². The van der Waals surface area contributed by atoms with E-state index in [1.54, 1.807) is 6.07 Å². The Kier molecular flexibility index (Phi) is 4.30. The second-order valence-electron chi connectivity index (χ2n) is 5.48. The van der Waals surface area contributed by atoms with Gasteiger partial charge in [-0.1, -0.05) is 22.9 Å². The molecule has 0 radical (unpaired) electrons. The maximum atomic E-state index is 9.88. The number of likely N-dealkylation sites (N-methyl/N-ethyl adjacent to an activating group) is 1. The highest BCUT2D eigenvalue weighted by Gasteiger charge is 2.31. The molecule has 0 bridgehead atoms. The lowest BCUT2D eigenvalue weighted by Crippen LogP contribution is -2.34. The van der Waals surface area contributed by atoms with Crippen molar-refractivity contribution in [3.8, 4) is 5.75 Å². The van der Waals surface area contributed by atoms with Crippen molar-refractivity contribution in [2.24, 2.45) is 5.92 Å². The van der Waals surface area contributed by atoms with E-state index in [-0.39, 0.29) is 0 Å². The molecule has 100 valence electrons. The highest BCUT2D eigenvalue weighted by atomic mass is 79.9. The molecule has 1 fully saturated rings. The largest absolute Gasteiger partial charge is 0.508 e. The van der Waals surface area contributed by atoms with Crippen LogP contribution in [-0.4, -0.2) is 48.1 Å². The summed E-state index contributed by atoms with van der Waals surface area (Å²) in [6.07, 6.45) is 0. The number of hydrogen-bond donors (Lipinski definition) is 1. The fraction of sp³-hybridized carbons (Fsp3) is 0.571. The van der Waals surface area contributed by atoms with Crippen molar-refractivity contribution >= 4 is 15.9 Å². The normalized spacial score (nSPS) is 24.9. The number of aromatic hydroxyl groups is 1. The summed E-state index contributed by atoms with van der Waals surface area (Å²) in [4.78, 5) is 4.71. The topological polar surface area (TPSA) is 26.7 Å². The van der Waals surface area contributed by atoms with Crippen LogP contribution in [0.15, 0.2) is 22.7 Å². The molecule has 0 saturated carbocycles. The third kappa shape index (κ3) is 3.05. The molecule has 4 heteroatoms. The zero-order valence-electron chi connectivity index (χ0n) is 11.2. The Bertz CT molecular complexity index is 422. The van der Waals surface area contributed by atoms with E-state index in [0.717, 1.165) is 29.7 Å². The number of benzene rings is 1. The molecule has 18 heavy (non-hydrogen) atoms. The fourth-order valence-electron chi connectivity index (χ4n) is 2.77. The standard InChI is InChI=1S/C14H21BrN2O/c1-10-7-17(9-13(10)16(2)3)8-11-6-12(15)4-5-14(11)18/h4-6,10,13,18H,7-9H2,1-3H3. The SMILES string of the molecule is CC1CN(Cc2cc(Br)ccc2O)CC1N(C)C. The second kappa shape index (κ2) is 5.59. The van der Waals surface area contributed by atoms with E-state index in [0.29, 0.717) is 17.7 Å². The van der Waals surface area contributed by atoms with Crippen molar-refractivity contribution in [2.75, 3.05) is 27.2 Å². The molecule has 0 amide bonds. The van der Waals surface area contributed by atoms with Crippen molar-refractivity contribution in [1.82, 2.24) is 9.80 Å². The van der Waals surface area contributed by atoms with Gasteiger partial charge in [-0.15, -0.1) is 0 Å². The van der Waals surface area contributed by atoms with Crippen LogP contribution in [0, 0.1) is 5.92 Å². The fourth-order valence-corrected chi connectivity index (χ4v) is 3.18. The molecule has 3 nitrogen and oxygen atoms in total. The molecule has 1 saturated heterocycles. The van der Waals surface area contributed by atoms with E-state index in [2.05, 4.69) is 46.7 Å². The van der Waals surface area contributed by atoms with E-state index < -0.39 is 0 Å². The Hall–Kier alpha value is -0.580. The highest BCUT2D eigenvalue weighted by molar-refractivity contribution is 9.10. The number of phenolic OH excluding ortho intramolecular Hbond substituents is 1. The predicted molar refractivity (Wildman–Crippen MR) is 77.7 cm³/mol. The van der Waals surface area contributed by atoms with Crippen LogP contribution in [0.5, 0.6) is 5.75 Å². The van der Waals surface area contributed by atoms with Crippen LogP contribution in [0.3, 0.4) is 0 Å². The van der Waals surface area contributed by atoms with Gasteiger partial charge >= 0.3 is 0 Å². The van der Waals surface area contributed by atoms with Gasteiger partial charge in [0.25, 0.3) is 0 Å². The van der Waals surface area contributed by atoms with Crippen molar-refractivity contribution in [3.63, 3.8) is 0 Å². The second-order valence-corrected chi connectivity index (χ2v) is 6.39. The number of rotatable bonds is 3. The van der Waals surface area contributed by atoms with E-state index in [1.165, 1.54) is 0 Å². The van der Waals surface area contributed by atoms with Gasteiger partial charge in [-0.05, 0) is 38.2 Å². The molecular weight excluding hydrogens is 292 g/mol. The van der Waals surface area contributed by atoms with Crippen molar-refractivity contribution < 1.29 is 5.11 Å². The van der Waals surface area contributed by atoms with Gasteiger partial charge in [0.15, 0.2) is 0 Å².